The van der Waals surface area contributed by atoms with Crippen LogP contribution < -0.4 is 0 Å². The number of rotatable bonds is 10. The van der Waals surface area contributed by atoms with E-state index in [1.165, 1.54) is 38.5 Å². The average Bonchev–Trinajstić information content (AvgIpc) is 3.02. The molecule has 0 nitrogen and oxygen atoms in total. The van der Waals surface area contributed by atoms with Crippen molar-refractivity contribution in [2.24, 2.45) is 17.8 Å². The van der Waals surface area contributed by atoms with Crippen molar-refractivity contribution in [2.45, 2.75) is 90.9 Å². The molecule has 0 aromatic heterocycles. The fourth-order valence-electron chi connectivity index (χ4n) is 7.14. The largest absolute Gasteiger partial charge is 0.206 e. The van der Waals surface area contributed by atoms with Crippen LogP contribution in [0.4, 0.5) is 13.2 Å². The molecule has 0 amide bonds. The van der Waals surface area contributed by atoms with Gasteiger partial charge in [0.15, 0.2) is 11.6 Å². The second-order valence-corrected chi connectivity index (χ2v) is 12.5. The monoisotopic (exact) mass is 570 g/mol. The Morgan fingerprint density at radius 2 is 1.48 bits per heavy atom. The Morgan fingerprint density at radius 3 is 2.14 bits per heavy atom. The van der Waals surface area contributed by atoms with Gasteiger partial charge >= 0.3 is 0 Å². The molecule has 0 saturated heterocycles. The predicted molar refractivity (Wildman–Crippen MR) is 171 cm³/mol. The molecule has 3 aromatic rings. The van der Waals surface area contributed by atoms with Crippen LogP contribution >= 0.6 is 0 Å². The molecule has 2 aliphatic carbocycles. The lowest BCUT2D eigenvalue weighted by Crippen LogP contribution is -2.23. The maximum Gasteiger partial charge on any atom is 0.166 e. The highest BCUT2D eigenvalue weighted by Gasteiger charge is 2.29. The zero-order chi connectivity index (χ0) is 29.5. The van der Waals surface area contributed by atoms with Gasteiger partial charge in [-0.25, -0.2) is 13.2 Å². The molecule has 0 aliphatic heterocycles. The standard InChI is InChI=1S/C39H45F3/c1-3-5-7-8-27-10-12-28(13-11-27)29-14-18-31(19-15-29)35-24-23-34(26-37(35)40)30-16-20-32(21-17-30)36-25-22-33(9-6-4-2)38(41)39(36)42/h3,5,16-18,20-29H,4,6-15,19H2,1-2H3/b5-3+. The Hall–Kier alpha value is -3.07. The summed E-state index contributed by atoms with van der Waals surface area (Å²) in [5.74, 6) is 0.689. The van der Waals surface area contributed by atoms with Crippen LogP contribution in [0.5, 0.6) is 0 Å². The van der Waals surface area contributed by atoms with E-state index in [1.54, 1.807) is 30.3 Å². The molecule has 0 spiro atoms. The van der Waals surface area contributed by atoms with Crippen LogP contribution in [0.25, 0.3) is 27.8 Å². The van der Waals surface area contributed by atoms with Gasteiger partial charge in [-0.3, -0.25) is 0 Å². The minimum absolute atomic E-state index is 0.196. The predicted octanol–water partition coefficient (Wildman–Crippen LogP) is 12.1. The van der Waals surface area contributed by atoms with Crippen LogP contribution in [0.2, 0.25) is 0 Å². The average molecular weight is 571 g/mol. The molecule has 0 radical (unpaired) electrons. The smallest absolute Gasteiger partial charge is 0.166 e. The molecule has 0 heterocycles. The Morgan fingerprint density at radius 1 is 0.762 bits per heavy atom. The van der Waals surface area contributed by atoms with Crippen LogP contribution in [0.15, 0.2) is 72.8 Å². The summed E-state index contributed by atoms with van der Waals surface area (Å²) >= 11 is 0. The van der Waals surface area contributed by atoms with Crippen molar-refractivity contribution in [3.8, 4) is 22.3 Å². The van der Waals surface area contributed by atoms with Crippen molar-refractivity contribution in [3.05, 3.63) is 101 Å². The highest BCUT2D eigenvalue weighted by Crippen LogP contribution is 2.42. The van der Waals surface area contributed by atoms with Gasteiger partial charge in [0.1, 0.15) is 5.82 Å². The fourth-order valence-corrected chi connectivity index (χ4v) is 7.14. The first-order valence-electron chi connectivity index (χ1n) is 16.2. The summed E-state index contributed by atoms with van der Waals surface area (Å²) in [6, 6.07) is 16.1. The third kappa shape index (κ3) is 7.10. The fraction of sp³-hybridized carbons (Fsp3) is 0.436. The van der Waals surface area contributed by atoms with E-state index >= 15 is 4.39 Å². The molecule has 1 saturated carbocycles. The quantitative estimate of drug-likeness (QED) is 0.213. The van der Waals surface area contributed by atoms with Gasteiger partial charge in [-0.2, -0.15) is 0 Å². The summed E-state index contributed by atoms with van der Waals surface area (Å²) in [5.41, 5.74) is 4.76. The van der Waals surface area contributed by atoms with Crippen molar-refractivity contribution in [2.75, 3.05) is 0 Å². The molecular formula is C39H45F3. The number of benzene rings is 3. The molecule has 42 heavy (non-hydrogen) atoms. The van der Waals surface area contributed by atoms with E-state index in [0.717, 1.165) is 66.6 Å². The zero-order valence-corrected chi connectivity index (χ0v) is 25.3. The highest BCUT2D eigenvalue weighted by atomic mass is 19.2. The molecule has 2 aliphatic rings. The van der Waals surface area contributed by atoms with Gasteiger partial charge in [0, 0.05) is 11.1 Å². The molecule has 0 N–H and O–H groups in total. The van der Waals surface area contributed by atoms with Crippen molar-refractivity contribution in [1.29, 1.82) is 0 Å². The van der Waals surface area contributed by atoms with E-state index in [0.29, 0.717) is 23.1 Å². The van der Waals surface area contributed by atoms with Crippen molar-refractivity contribution >= 4 is 5.57 Å². The Bertz CT molecular complexity index is 1390. The van der Waals surface area contributed by atoms with Crippen molar-refractivity contribution in [3.63, 3.8) is 0 Å². The molecule has 0 bridgehead atoms. The number of unbranched alkanes of at least 4 members (excludes halogenated alkanes) is 1. The first-order chi connectivity index (χ1) is 20.5. The molecule has 222 valence electrons. The lowest BCUT2D eigenvalue weighted by atomic mass is 9.70. The zero-order valence-electron chi connectivity index (χ0n) is 25.3. The normalized spacial score (nSPS) is 21.1. The number of halogens is 3. The van der Waals surface area contributed by atoms with Gasteiger partial charge in [-0.1, -0.05) is 92.9 Å². The van der Waals surface area contributed by atoms with Crippen molar-refractivity contribution in [1.82, 2.24) is 0 Å². The maximum atomic E-state index is 15.4. The lowest BCUT2D eigenvalue weighted by Gasteiger charge is -2.35. The van der Waals surface area contributed by atoms with Gasteiger partial charge < -0.3 is 0 Å². The summed E-state index contributed by atoms with van der Waals surface area (Å²) in [5, 5.41) is 0. The number of allylic oxidation sites excluding steroid dienone is 4. The van der Waals surface area contributed by atoms with E-state index in [1.807, 2.05) is 31.2 Å². The van der Waals surface area contributed by atoms with Gasteiger partial charge in [0.25, 0.3) is 0 Å². The SMILES string of the molecule is C/C=C/CCC1CCC(C2CC=C(c3ccc(-c4ccc(-c5ccc(CCCC)c(F)c5F)cc4)cc3F)CC2)CC1. The minimum Gasteiger partial charge on any atom is -0.206 e. The third-order valence-corrected chi connectivity index (χ3v) is 9.79. The third-order valence-electron chi connectivity index (χ3n) is 9.79. The number of aryl methyl sites for hydroxylation is 1. The number of hydrogen-bond acceptors (Lipinski definition) is 0. The van der Waals surface area contributed by atoms with Crippen LogP contribution in [0.1, 0.15) is 95.6 Å². The van der Waals surface area contributed by atoms with Crippen LogP contribution in [0, 0.1) is 35.2 Å². The second kappa shape index (κ2) is 14.4. The molecule has 3 heteroatoms. The number of hydrogen-bond donors (Lipinski definition) is 0. The summed E-state index contributed by atoms with van der Waals surface area (Å²) in [6.45, 7) is 4.13. The lowest BCUT2D eigenvalue weighted by molar-refractivity contribution is 0.190. The Kier molecular flexibility index (Phi) is 10.4. The van der Waals surface area contributed by atoms with Gasteiger partial charge in [-0.15, -0.1) is 0 Å². The van der Waals surface area contributed by atoms with Gasteiger partial charge in [-0.05, 0) is 116 Å². The Balaban J connectivity index is 1.21. The molecule has 1 unspecified atom stereocenters. The molecule has 5 rings (SSSR count). The van der Waals surface area contributed by atoms with Gasteiger partial charge in [0.2, 0.25) is 0 Å². The van der Waals surface area contributed by atoms with E-state index < -0.39 is 11.6 Å². The first kappa shape index (κ1) is 30.4. The minimum atomic E-state index is -0.803. The van der Waals surface area contributed by atoms with Crippen LogP contribution in [0.3, 0.4) is 0 Å². The highest BCUT2D eigenvalue weighted by molar-refractivity contribution is 5.74. The molecule has 1 fully saturated rings. The molecule has 1 atom stereocenters. The topological polar surface area (TPSA) is 0 Å². The van der Waals surface area contributed by atoms with Crippen LogP contribution in [-0.2, 0) is 6.42 Å². The molecule has 3 aromatic carbocycles. The maximum absolute atomic E-state index is 15.4. The molecular weight excluding hydrogens is 525 g/mol. The van der Waals surface area contributed by atoms with Crippen molar-refractivity contribution < 1.29 is 13.2 Å². The van der Waals surface area contributed by atoms with E-state index in [4.69, 9.17) is 0 Å². The first-order valence-corrected chi connectivity index (χ1v) is 16.2. The van der Waals surface area contributed by atoms with Gasteiger partial charge in [0.05, 0.1) is 0 Å². The Labute approximate surface area is 250 Å². The summed E-state index contributed by atoms with van der Waals surface area (Å²) < 4.78 is 44.8. The summed E-state index contributed by atoms with van der Waals surface area (Å²) in [7, 11) is 0. The summed E-state index contributed by atoms with van der Waals surface area (Å²) in [6.07, 6.45) is 20.2. The van der Waals surface area contributed by atoms with E-state index in [2.05, 4.69) is 25.2 Å². The van der Waals surface area contributed by atoms with Crippen LogP contribution in [-0.4, -0.2) is 0 Å². The summed E-state index contributed by atoms with van der Waals surface area (Å²) in [4.78, 5) is 0. The second-order valence-electron chi connectivity index (χ2n) is 12.5. The van der Waals surface area contributed by atoms with E-state index in [9.17, 15) is 8.78 Å². The van der Waals surface area contributed by atoms with E-state index in [-0.39, 0.29) is 11.4 Å².